The number of aromatic nitrogens is 1. The van der Waals surface area contributed by atoms with Gasteiger partial charge in [-0.15, -0.1) is 0 Å². The first kappa shape index (κ1) is 11.6. The van der Waals surface area contributed by atoms with Gasteiger partial charge in [0.25, 0.3) is 0 Å². The van der Waals surface area contributed by atoms with Gasteiger partial charge >= 0.3 is 5.97 Å². The Morgan fingerprint density at radius 1 is 1.47 bits per heavy atom. The second-order valence-electron chi connectivity index (χ2n) is 4.94. The average Bonchev–Trinajstić information content (AvgIpc) is 2.54. The highest BCUT2D eigenvalue weighted by molar-refractivity contribution is 5.98. The molecule has 6 heteroatoms. The minimum Gasteiger partial charge on any atom is -0.481 e. The van der Waals surface area contributed by atoms with Gasteiger partial charge in [0.2, 0.25) is 11.8 Å². The monoisotopic (exact) mass is 238 g/mol. The zero-order chi connectivity index (χ0) is 12.8. The molecule has 1 aliphatic rings. The van der Waals surface area contributed by atoms with Gasteiger partial charge in [0.05, 0.1) is 17.5 Å². The van der Waals surface area contributed by atoms with E-state index in [-0.39, 0.29) is 11.8 Å². The highest BCUT2D eigenvalue weighted by Gasteiger charge is 2.66. The van der Waals surface area contributed by atoms with E-state index in [2.05, 4.69) is 10.5 Å². The number of amides is 1. The van der Waals surface area contributed by atoms with Gasteiger partial charge in [-0.2, -0.15) is 0 Å². The van der Waals surface area contributed by atoms with E-state index >= 15 is 0 Å². The van der Waals surface area contributed by atoms with Crippen molar-refractivity contribution in [3.05, 3.63) is 11.8 Å². The molecule has 1 heterocycles. The second kappa shape index (κ2) is 3.58. The molecule has 1 aromatic rings. The normalized spacial score (nSPS) is 25.4. The van der Waals surface area contributed by atoms with Crippen molar-refractivity contribution in [1.82, 2.24) is 5.16 Å². The van der Waals surface area contributed by atoms with Crippen molar-refractivity contribution in [3.63, 3.8) is 0 Å². The molecule has 17 heavy (non-hydrogen) atoms. The predicted molar refractivity (Wildman–Crippen MR) is 58.3 cm³/mol. The minimum absolute atomic E-state index is 0.249. The van der Waals surface area contributed by atoms with Crippen LogP contribution in [0.5, 0.6) is 0 Å². The van der Waals surface area contributed by atoms with Gasteiger partial charge in [-0.05, 0) is 12.3 Å². The number of nitrogens with zero attached hydrogens (tertiary/aromatic N) is 1. The molecule has 1 aromatic heterocycles. The lowest BCUT2D eigenvalue weighted by molar-refractivity contribution is -0.140. The van der Waals surface area contributed by atoms with Crippen molar-refractivity contribution in [2.45, 2.75) is 20.8 Å². The number of aliphatic carboxylic acids is 1. The molecule has 0 bridgehead atoms. The van der Waals surface area contributed by atoms with E-state index in [1.807, 2.05) is 0 Å². The highest BCUT2D eigenvalue weighted by atomic mass is 16.5. The zero-order valence-corrected chi connectivity index (χ0v) is 9.85. The number of carboxylic acids is 1. The number of anilines is 1. The van der Waals surface area contributed by atoms with E-state index in [0.29, 0.717) is 5.69 Å². The van der Waals surface area contributed by atoms with Gasteiger partial charge in [0, 0.05) is 6.07 Å². The summed E-state index contributed by atoms with van der Waals surface area (Å²) in [6.45, 7) is 5.27. The van der Waals surface area contributed by atoms with Crippen LogP contribution in [0.15, 0.2) is 10.6 Å². The highest BCUT2D eigenvalue weighted by Crippen LogP contribution is 2.58. The first-order chi connectivity index (χ1) is 7.84. The second-order valence-corrected chi connectivity index (χ2v) is 4.94. The number of carbonyl (C=O) groups excluding carboxylic acids is 1. The molecule has 2 atom stereocenters. The maximum absolute atomic E-state index is 11.9. The molecule has 1 fully saturated rings. The van der Waals surface area contributed by atoms with Crippen molar-refractivity contribution in [1.29, 1.82) is 0 Å². The lowest BCUT2D eigenvalue weighted by Gasteiger charge is -2.01. The molecule has 0 saturated heterocycles. The lowest BCUT2D eigenvalue weighted by atomic mass is 10.1. The smallest absolute Gasteiger partial charge is 0.307 e. The molecule has 2 N–H and O–H groups in total. The third-order valence-corrected chi connectivity index (χ3v) is 3.25. The molecular formula is C11H14N2O4. The number of carboxylic acid groups (broad SMARTS) is 1. The largest absolute Gasteiger partial charge is 0.481 e. The van der Waals surface area contributed by atoms with Crippen LogP contribution in [0.2, 0.25) is 0 Å². The van der Waals surface area contributed by atoms with Gasteiger partial charge < -0.3 is 9.63 Å². The standard InChI is InChI=1S/C11H14N2O4/c1-5-4-6(17-13-5)12-9(14)7-8(10(15)16)11(7,2)3/h4,7-8H,1-3H3,(H,12,14)(H,15,16)/t7-,8-/m0/s1. The molecule has 0 aromatic carbocycles. The fourth-order valence-electron chi connectivity index (χ4n) is 2.21. The molecule has 0 radical (unpaired) electrons. The summed E-state index contributed by atoms with van der Waals surface area (Å²) in [7, 11) is 0. The first-order valence-corrected chi connectivity index (χ1v) is 5.31. The summed E-state index contributed by atoms with van der Waals surface area (Å²) in [5, 5.41) is 15.1. The zero-order valence-electron chi connectivity index (χ0n) is 9.85. The molecule has 6 nitrogen and oxygen atoms in total. The van der Waals surface area contributed by atoms with Crippen LogP contribution in [0, 0.1) is 24.2 Å². The van der Waals surface area contributed by atoms with Crippen LogP contribution < -0.4 is 5.32 Å². The SMILES string of the molecule is Cc1cc(NC(=O)[C@@H]2[C@@H](C(=O)O)C2(C)C)on1. The number of nitrogens with one attached hydrogen (secondary N) is 1. The van der Waals surface area contributed by atoms with E-state index in [9.17, 15) is 9.59 Å². The van der Waals surface area contributed by atoms with Crippen LogP contribution in [0.25, 0.3) is 0 Å². The Labute approximate surface area is 98.0 Å². The fourth-order valence-corrected chi connectivity index (χ4v) is 2.21. The molecule has 0 aliphatic heterocycles. The topological polar surface area (TPSA) is 92.4 Å². The fraction of sp³-hybridized carbons (Fsp3) is 0.545. The Bertz CT molecular complexity index is 478. The Kier molecular flexibility index (Phi) is 2.45. The van der Waals surface area contributed by atoms with E-state index in [1.165, 1.54) is 0 Å². The van der Waals surface area contributed by atoms with Crippen molar-refractivity contribution < 1.29 is 19.2 Å². The molecule has 0 unspecified atom stereocenters. The van der Waals surface area contributed by atoms with Gasteiger partial charge in [-0.1, -0.05) is 19.0 Å². The maximum atomic E-state index is 11.9. The Morgan fingerprint density at radius 3 is 2.53 bits per heavy atom. The van der Waals surface area contributed by atoms with Crippen LogP contribution >= 0.6 is 0 Å². The molecule has 1 aliphatic carbocycles. The van der Waals surface area contributed by atoms with Crippen molar-refractivity contribution in [2.24, 2.45) is 17.3 Å². The van der Waals surface area contributed by atoms with E-state index in [4.69, 9.17) is 9.63 Å². The summed E-state index contributed by atoms with van der Waals surface area (Å²) in [5.41, 5.74) is 0.149. The maximum Gasteiger partial charge on any atom is 0.307 e. The molecule has 2 rings (SSSR count). The van der Waals surface area contributed by atoms with Crippen LogP contribution in [0.1, 0.15) is 19.5 Å². The quantitative estimate of drug-likeness (QED) is 0.827. The van der Waals surface area contributed by atoms with Crippen LogP contribution in [-0.4, -0.2) is 22.1 Å². The number of carbonyl (C=O) groups is 2. The molecule has 0 spiro atoms. The third-order valence-electron chi connectivity index (χ3n) is 3.25. The molecule has 92 valence electrons. The predicted octanol–water partition coefficient (Wildman–Crippen LogP) is 1.28. The Hall–Kier alpha value is -1.85. The third kappa shape index (κ3) is 1.90. The lowest BCUT2D eigenvalue weighted by Crippen LogP contribution is -2.17. The van der Waals surface area contributed by atoms with Crippen LogP contribution in [0.3, 0.4) is 0 Å². The van der Waals surface area contributed by atoms with Crippen molar-refractivity contribution in [2.75, 3.05) is 5.32 Å². The molecular weight excluding hydrogens is 224 g/mol. The van der Waals surface area contributed by atoms with Gasteiger partial charge in [-0.3, -0.25) is 14.9 Å². The van der Waals surface area contributed by atoms with Crippen LogP contribution in [-0.2, 0) is 9.59 Å². The van der Waals surface area contributed by atoms with Gasteiger partial charge in [-0.25, -0.2) is 0 Å². The summed E-state index contributed by atoms with van der Waals surface area (Å²) in [6.07, 6.45) is 0. The minimum atomic E-state index is -0.941. The molecule has 1 amide bonds. The number of rotatable bonds is 3. The summed E-state index contributed by atoms with van der Waals surface area (Å²) in [5.74, 6) is -2.18. The van der Waals surface area contributed by atoms with E-state index in [0.717, 1.165) is 0 Å². The summed E-state index contributed by atoms with van der Waals surface area (Å²) in [4.78, 5) is 22.8. The number of aryl methyl sites for hydroxylation is 1. The summed E-state index contributed by atoms with van der Waals surface area (Å²) in [6, 6.07) is 1.59. The first-order valence-electron chi connectivity index (χ1n) is 5.31. The Balaban J connectivity index is 2.05. The van der Waals surface area contributed by atoms with Crippen molar-refractivity contribution in [3.8, 4) is 0 Å². The van der Waals surface area contributed by atoms with E-state index in [1.54, 1.807) is 26.8 Å². The van der Waals surface area contributed by atoms with Crippen molar-refractivity contribution >= 4 is 17.8 Å². The van der Waals surface area contributed by atoms with Crippen LogP contribution in [0.4, 0.5) is 5.88 Å². The van der Waals surface area contributed by atoms with Gasteiger partial charge in [0.1, 0.15) is 0 Å². The van der Waals surface area contributed by atoms with E-state index < -0.39 is 23.2 Å². The number of hydrogen-bond acceptors (Lipinski definition) is 4. The van der Waals surface area contributed by atoms with Gasteiger partial charge in [0.15, 0.2) is 0 Å². The summed E-state index contributed by atoms with van der Waals surface area (Å²) < 4.78 is 4.85. The Morgan fingerprint density at radius 2 is 2.12 bits per heavy atom. The summed E-state index contributed by atoms with van der Waals surface area (Å²) >= 11 is 0. The number of hydrogen-bond donors (Lipinski definition) is 2. The average molecular weight is 238 g/mol. The molecule has 1 saturated carbocycles.